The molecule has 1 heterocycles. The fourth-order valence-electron chi connectivity index (χ4n) is 3.30. The van der Waals surface area contributed by atoms with Crippen LogP contribution < -0.4 is 4.90 Å². The maximum atomic E-state index is 12.8. The standard InChI is InChI=1S/C23H23N3O2/c1-2-6-19-15-18(9-10-22(19)27)16-20(17-24)23(28)26-13-11-25(12-14-26)21-7-4-3-5-8-21/h2-5,7-10,15-16,27H,1,6,11-14H2/b20-16-. The molecule has 5 heteroatoms. The van der Waals surface area contributed by atoms with E-state index in [9.17, 15) is 15.2 Å². The lowest BCUT2D eigenvalue weighted by molar-refractivity contribution is -0.126. The van der Waals surface area contributed by atoms with Crippen LogP contribution in [0.15, 0.2) is 66.8 Å². The van der Waals surface area contributed by atoms with Gasteiger partial charge in [-0.3, -0.25) is 4.79 Å². The first-order valence-corrected chi connectivity index (χ1v) is 9.26. The van der Waals surface area contributed by atoms with Gasteiger partial charge >= 0.3 is 0 Å². The van der Waals surface area contributed by atoms with Crippen molar-refractivity contribution in [3.8, 4) is 11.8 Å². The molecular formula is C23H23N3O2. The molecule has 0 aromatic heterocycles. The molecule has 1 N–H and O–H groups in total. The molecule has 0 saturated carbocycles. The topological polar surface area (TPSA) is 67.6 Å². The van der Waals surface area contributed by atoms with Crippen LogP contribution in [0.5, 0.6) is 5.75 Å². The van der Waals surface area contributed by atoms with Crippen LogP contribution in [0.4, 0.5) is 5.69 Å². The number of benzene rings is 2. The summed E-state index contributed by atoms with van der Waals surface area (Å²) in [6.07, 6.45) is 3.80. The van der Waals surface area contributed by atoms with Crippen molar-refractivity contribution in [2.24, 2.45) is 0 Å². The summed E-state index contributed by atoms with van der Waals surface area (Å²) in [6.45, 7) is 6.29. The number of carbonyl (C=O) groups is 1. The number of rotatable bonds is 5. The second kappa shape index (κ2) is 8.92. The van der Waals surface area contributed by atoms with Gasteiger partial charge in [0, 0.05) is 31.9 Å². The monoisotopic (exact) mass is 373 g/mol. The summed E-state index contributed by atoms with van der Waals surface area (Å²) in [5.41, 5.74) is 2.67. The minimum Gasteiger partial charge on any atom is -0.508 e. The van der Waals surface area contributed by atoms with E-state index in [0.29, 0.717) is 30.6 Å². The van der Waals surface area contributed by atoms with Gasteiger partial charge in [0.05, 0.1) is 0 Å². The quantitative estimate of drug-likeness (QED) is 0.496. The lowest BCUT2D eigenvalue weighted by Gasteiger charge is -2.36. The number of phenolic OH excluding ortho intramolecular Hbond substituents is 1. The van der Waals surface area contributed by atoms with Crippen LogP contribution in [-0.2, 0) is 11.2 Å². The van der Waals surface area contributed by atoms with E-state index in [0.717, 1.165) is 18.8 Å². The van der Waals surface area contributed by atoms with Crippen LogP contribution in [0.3, 0.4) is 0 Å². The van der Waals surface area contributed by atoms with Crippen molar-refractivity contribution in [1.29, 1.82) is 5.26 Å². The van der Waals surface area contributed by atoms with Gasteiger partial charge in [-0.2, -0.15) is 5.26 Å². The predicted octanol–water partition coefficient (Wildman–Crippen LogP) is 3.38. The van der Waals surface area contributed by atoms with Crippen LogP contribution >= 0.6 is 0 Å². The Balaban J connectivity index is 1.71. The number of piperazine rings is 1. The van der Waals surface area contributed by atoms with E-state index in [1.165, 1.54) is 0 Å². The average Bonchev–Trinajstić information content (AvgIpc) is 2.74. The number of aromatic hydroxyl groups is 1. The van der Waals surface area contributed by atoms with Crippen molar-refractivity contribution in [2.45, 2.75) is 6.42 Å². The Labute approximate surface area is 165 Å². The second-order valence-electron chi connectivity index (χ2n) is 6.67. The Bertz CT molecular complexity index is 921. The molecule has 3 rings (SSSR count). The molecule has 28 heavy (non-hydrogen) atoms. The molecular weight excluding hydrogens is 350 g/mol. The van der Waals surface area contributed by atoms with Crippen molar-refractivity contribution in [3.63, 3.8) is 0 Å². The molecule has 0 radical (unpaired) electrons. The van der Waals surface area contributed by atoms with Gasteiger partial charge < -0.3 is 14.9 Å². The minimum absolute atomic E-state index is 0.100. The molecule has 0 spiro atoms. The summed E-state index contributed by atoms with van der Waals surface area (Å²) in [5, 5.41) is 19.4. The zero-order valence-electron chi connectivity index (χ0n) is 15.7. The van der Waals surface area contributed by atoms with Gasteiger partial charge in [-0.25, -0.2) is 0 Å². The van der Waals surface area contributed by atoms with Crippen molar-refractivity contribution in [3.05, 3.63) is 77.9 Å². The Morgan fingerprint density at radius 2 is 1.86 bits per heavy atom. The van der Waals surface area contributed by atoms with E-state index < -0.39 is 0 Å². The number of anilines is 1. The highest BCUT2D eigenvalue weighted by molar-refractivity contribution is 6.01. The summed E-state index contributed by atoms with van der Waals surface area (Å²) in [7, 11) is 0. The largest absolute Gasteiger partial charge is 0.508 e. The third kappa shape index (κ3) is 4.41. The molecule has 0 bridgehead atoms. The van der Waals surface area contributed by atoms with E-state index >= 15 is 0 Å². The van der Waals surface area contributed by atoms with E-state index in [2.05, 4.69) is 23.6 Å². The third-order valence-electron chi connectivity index (χ3n) is 4.82. The number of allylic oxidation sites excluding steroid dienone is 1. The Morgan fingerprint density at radius 1 is 1.14 bits per heavy atom. The number of hydrogen-bond donors (Lipinski definition) is 1. The van der Waals surface area contributed by atoms with Gasteiger partial charge in [0.1, 0.15) is 17.4 Å². The van der Waals surface area contributed by atoms with Gasteiger partial charge in [0.25, 0.3) is 5.91 Å². The van der Waals surface area contributed by atoms with E-state index in [1.54, 1.807) is 35.3 Å². The smallest absolute Gasteiger partial charge is 0.264 e. The fraction of sp³-hybridized carbons (Fsp3) is 0.217. The molecule has 2 aromatic carbocycles. The molecule has 142 valence electrons. The number of nitrogens with zero attached hydrogens (tertiary/aromatic N) is 3. The highest BCUT2D eigenvalue weighted by Crippen LogP contribution is 2.22. The molecule has 0 aliphatic carbocycles. The van der Waals surface area contributed by atoms with E-state index in [1.807, 2.05) is 24.3 Å². The number of phenols is 1. The first-order valence-electron chi connectivity index (χ1n) is 9.26. The molecule has 0 atom stereocenters. The third-order valence-corrected chi connectivity index (χ3v) is 4.82. The minimum atomic E-state index is -0.256. The zero-order chi connectivity index (χ0) is 19.9. The van der Waals surface area contributed by atoms with Crippen molar-refractivity contribution in [2.75, 3.05) is 31.1 Å². The lowest BCUT2D eigenvalue weighted by Crippen LogP contribution is -2.49. The first-order chi connectivity index (χ1) is 13.6. The highest BCUT2D eigenvalue weighted by atomic mass is 16.3. The molecule has 1 aliphatic rings. The summed E-state index contributed by atoms with van der Waals surface area (Å²) < 4.78 is 0. The van der Waals surface area contributed by atoms with E-state index in [4.69, 9.17) is 0 Å². The Morgan fingerprint density at radius 3 is 2.50 bits per heavy atom. The van der Waals surface area contributed by atoms with Crippen molar-refractivity contribution < 1.29 is 9.90 Å². The molecule has 1 amide bonds. The molecule has 2 aromatic rings. The normalized spacial score (nSPS) is 14.5. The van der Waals surface area contributed by atoms with Crippen LogP contribution in [0.2, 0.25) is 0 Å². The number of amides is 1. The van der Waals surface area contributed by atoms with Gasteiger partial charge in [0.2, 0.25) is 0 Å². The van der Waals surface area contributed by atoms with Crippen molar-refractivity contribution in [1.82, 2.24) is 4.90 Å². The summed E-state index contributed by atoms with van der Waals surface area (Å²) in [4.78, 5) is 16.8. The number of hydrogen-bond acceptors (Lipinski definition) is 4. The van der Waals surface area contributed by atoms with Gasteiger partial charge in [-0.05, 0) is 47.9 Å². The molecule has 0 unspecified atom stereocenters. The van der Waals surface area contributed by atoms with Crippen LogP contribution in [0.1, 0.15) is 11.1 Å². The van der Waals surface area contributed by atoms with E-state index in [-0.39, 0.29) is 17.2 Å². The fourth-order valence-corrected chi connectivity index (χ4v) is 3.30. The van der Waals surface area contributed by atoms with Gasteiger partial charge in [0.15, 0.2) is 0 Å². The summed E-state index contributed by atoms with van der Waals surface area (Å²) >= 11 is 0. The predicted molar refractivity (Wildman–Crippen MR) is 111 cm³/mol. The van der Waals surface area contributed by atoms with Gasteiger partial charge in [-0.1, -0.05) is 30.3 Å². The molecule has 1 aliphatic heterocycles. The van der Waals surface area contributed by atoms with Crippen LogP contribution in [-0.4, -0.2) is 42.1 Å². The summed E-state index contributed by atoms with van der Waals surface area (Å²) in [6, 6.07) is 17.2. The SMILES string of the molecule is C=CCc1cc(/C=C(/C#N)C(=O)N2CCN(c3ccccc3)CC2)ccc1O. The molecule has 5 nitrogen and oxygen atoms in total. The highest BCUT2D eigenvalue weighted by Gasteiger charge is 2.23. The van der Waals surface area contributed by atoms with Gasteiger partial charge in [-0.15, -0.1) is 6.58 Å². The van der Waals surface area contributed by atoms with Crippen molar-refractivity contribution >= 4 is 17.7 Å². The summed E-state index contributed by atoms with van der Waals surface area (Å²) in [5.74, 6) is -0.0764. The second-order valence-corrected chi connectivity index (χ2v) is 6.67. The Kier molecular flexibility index (Phi) is 6.13. The first kappa shape index (κ1) is 19.2. The average molecular weight is 373 g/mol. The maximum Gasteiger partial charge on any atom is 0.264 e. The molecule has 1 saturated heterocycles. The zero-order valence-corrected chi connectivity index (χ0v) is 15.7. The van der Waals surface area contributed by atoms with Crippen LogP contribution in [0, 0.1) is 11.3 Å². The van der Waals surface area contributed by atoms with Crippen LogP contribution in [0.25, 0.3) is 6.08 Å². The molecule has 1 fully saturated rings. The number of carbonyl (C=O) groups excluding carboxylic acids is 1. The number of nitriles is 1. The lowest BCUT2D eigenvalue weighted by atomic mass is 10.0. The Hall–Kier alpha value is -3.52. The number of para-hydroxylation sites is 1. The maximum absolute atomic E-state index is 12.8.